The summed E-state index contributed by atoms with van der Waals surface area (Å²) in [6, 6.07) is 9.79. The minimum atomic E-state index is -5.08. The summed E-state index contributed by atoms with van der Waals surface area (Å²) in [5, 5.41) is 24.3. The molecule has 262 valence electrons. The molecule has 12 nitrogen and oxygen atoms in total. The van der Waals surface area contributed by atoms with Crippen molar-refractivity contribution < 1.29 is 78.7 Å². The molecule has 0 aliphatic carbocycles. The summed E-state index contributed by atoms with van der Waals surface area (Å²) in [6.45, 7) is 3.36. The van der Waals surface area contributed by atoms with Gasteiger partial charge in [-0.2, -0.15) is 39.5 Å². The second kappa shape index (κ2) is 18.0. The van der Waals surface area contributed by atoms with Crippen molar-refractivity contribution in [2.24, 2.45) is 5.92 Å². The average Bonchev–Trinajstić information content (AvgIpc) is 3.50. The number of nitrogens with zero attached hydrogens (tertiary/aromatic N) is 3. The minimum Gasteiger partial charge on any atom is -0.475 e. The predicted molar refractivity (Wildman–Crippen MR) is 138 cm³/mol. The van der Waals surface area contributed by atoms with Crippen molar-refractivity contribution in [2.45, 2.75) is 56.7 Å². The number of ether oxygens (including phenoxy) is 1. The third-order valence-electron chi connectivity index (χ3n) is 5.85. The molecule has 2 fully saturated rings. The number of hydrogen-bond donors (Lipinski definition) is 4. The van der Waals surface area contributed by atoms with E-state index in [2.05, 4.69) is 26.3 Å². The topological polar surface area (TPSA) is 179 Å². The van der Waals surface area contributed by atoms with E-state index in [0.717, 1.165) is 31.7 Å². The number of nitrogens with one attached hydrogen (secondary N) is 1. The Bertz CT molecular complexity index is 1230. The van der Waals surface area contributed by atoms with Gasteiger partial charge < -0.3 is 25.4 Å². The van der Waals surface area contributed by atoms with Crippen LogP contribution in [0.3, 0.4) is 0 Å². The van der Waals surface area contributed by atoms with Gasteiger partial charge in [0.25, 0.3) is 0 Å². The lowest BCUT2D eigenvalue weighted by Gasteiger charge is -2.19. The zero-order valence-corrected chi connectivity index (χ0v) is 23.7. The molecule has 2 saturated heterocycles. The highest BCUT2D eigenvalue weighted by Crippen LogP contribution is 2.34. The predicted octanol–water partition coefficient (Wildman–Crippen LogP) is 3.67. The maximum atomic E-state index is 12.2. The van der Waals surface area contributed by atoms with E-state index < -0.39 is 36.4 Å². The molecule has 0 radical (unpaired) electrons. The number of aliphatic carboxylic acids is 3. The number of halogens is 9. The number of carbonyl (C=O) groups is 4. The number of carboxylic acids is 3. The molecule has 47 heavy (non-hydrogen) atoms. The number of carboxylic acid groups (broad SMARTS) is 3. The lowest BCUT2D eigenvalue weighted by molar-refractivity contribution is -0.193. The van der Waals surface area contributed by atoms with Crippen molar-refractivity contribution in [3.63, 3.8) is 0 Å². The molecule has 4 N–H and O–H groups in total. The SMILES string of the molecule is O=C(C[C@H]1C[C@H]2CN(Cc3cccnc3)C[C@H]2O1)NCc1ccccn1.O=C(O)C(F)(F)F.O=C(O)C(F)(F)F.O=C(O)C(F)(F)F. The van der Waals surface area contributed by atoms with Gasteiger partial charge in [0.1, 0.15) is 0 Å². The number of carbonyl (C=O) groups excluding carboxylic acids is 1. The molecule has 2 aliphatic rings. The Morgan fingerprint density at radius 3 is 1.81 bits per heavy atom. The third-order valence-corrected chi connectivity index (χ3v) is 5.85. The summed E-state index contributed by atoms with van der Waals surface area (Å²) < 4.78 is 101. The van der Waals surface area contributed by atoms with Crippen molar-refractivity contribution >= 4 is 23.8 Å². The van der Waals surface area contributed by atoms with Crippen molar-refractivity contribution in [1.29, 1.82) is 0 Å². The van der Waals surface area contributed by atoms with E-state index >= 15 is 0 Å². The number of amides is 1. The summed E-state index contributed by atoms with van der Waals surface area (Å²) in [4.78, 5) is 49.7. The van der Waals surface area contributed by atoms with Gasteiger partial charge in [0.05, 0.1) is 30.9 Å². The molecule has 0 saturated carbocycles. The molecule has 2 aromatic rings. The first kappa shape index (κ1) is 40.5. The molecule has 4 rings (SSSR count). The maximum Gasteiger partial charge on any atom is 0.490 e. The number of aromatic nitrogens is 2. The van der Waals surface area contributed by atoms with Crippen LogP contribution in [0.25, 0.3) is 0 Å². The van der Waals surface area contributed by atoms with E-state index in [1.54, 1.807) is 12.4 Å². The Labute approximate surface area is 259 Å². The normalized spacial score (nSPS) is 19.0. The zero-order chi connectivity index (χ0) is 36.0. The lowest BCUT2D eigenvalue weighted by Crippen LogP contribution is -2.29. The van der Waals surface area contributed by atoms with Crippen LogP contribution >= 0.6 is 0 Å². The lowest BCUT2D eigenvalue weighted by atomic mass is 10.0. The van der Waals surface area contributed by atoms with Crippen LogP contribution in [-0.4, -0.2) is 97.8 Å². The third kappa shape index (κ3) is 16.6. The van der Waals surface area contributed by atoms with Gasteiger partial charge in [0.2, 0.25) is 5.91 Å². The van der Waals surface area contributed by atoms with Crippen LogP contribution in [0, 0.1) is 5.92 Å². The van der Waals surface area contributed by atoms with Crippen LogP contribution in [0.4, 0.5) is 39.5 Å². The fraction of sp³-hybridized carbons (Fsp3) is 0.462. The van der Waals surface area contributed by atoms with Crippen LogP contribution in [0.2, 0.25) is 0 Å². The first-order chi connectivity index (χ1) is 21.6. The van der Waals surface area contributed by atoms with Crippen LogP contribution in [-0.2, 0) is 37.0 Å². The largest absolute Gasteiger partial charge is 0.490 e. The number of pyridine rings is 2. The van der Waals surface area contributed by atoms with Gasteiger partial charge in [-0.05, 0) is 30.2 Å². The highest BCUT2D eigenvalue weighted by atomic mass is 19.4. The first-order valence-electron chi connectivity index (χ1n) is 12.9. The average molecular weight is 695 g/mol. The standard InChI is InChI=1S/C20H24N4O2.3C2HF3O2/c25-20(23-11-17-5-1-2-7-22-17)9-18-8-16-13-24(14-19(16)26-18)12-15-4-3-6-21-10-15;3*3-2(4,5)1(6)7/h1-7,10,16,18-19H,8-9,11-14H2,(H,23,25);3*(H,6,7)/t16-,18+,19+;;;/m0.../s1. The molecule has 0 aromatic carbocycles. The maximum absolute atomic E-state index is 12.2. The van der Waals surface area contributed by atoms with Crippen molar-refractivity contribution in [2.75, 3.05) is 13.1 Å². The van der Waals surface area contributed by atoms with Gasteiger partial charge >= 0.3 is 36.4 Å². The van der Waals surface area contributed by atoms with E-state index in [-0.39, 0.29) is 18.1 Å². The first-order valence-corrected chi connectivity index (χ1v) is 12.9. The van der Waals surface area contributed by atoms with Gasteiger partial charge in [-0.25, -0.2) is 14.4 Å². The fourth-order valence-corrected chi connectivity index (χ4v) is 3.93. The van der Waals surface area contributed by atoms with Gasteiger partial charge in [0.15, 0.2) is 0 Å². The molecule has 4 heterocycles. The fourth-order valence-electron chi connectivity index (χ4n) is 3.93. The summed E-state index contributed by atoms with van der Waals surface area (Å²) in [5.41, 5.74) is 2.11. The quantitative estimate of drug-likeness (QED) is 0.324. The Morgan fingerprint density at radius 1 is 0.830 bits per heavy atom. The Balaban J connectivity index is 0.000000430. The number of alkyl halides is 9. The van der Waals surface area contributed by atoms with Crippen LogP contribution in [0.15, 0.2) is 48.9 Å². The minimum absolute atomic E-state index is 0.0350. The zero-order valence-electron chi connectivity index (χ0n) is 23.7. The van der Waals surface area contributed by atoms with Gasteiger partial charge in [-0.15, -0.1) is 0 Å². The molecule has 3 atom stereocenters. The Kier molecular flexibility index (Phi) is 15.5. The van der Waals surface area contributed by atoms with E-state index in [0.29, 0.717) is 18.9 Å². The van der Waals surface area contributed by atoms with E-state index in [4.69, 9.17) is 34.4 Å². The Morgan fingerprint density at radius 2 is 1.38 bits per heavy atom. The number of fused-ring (bicyclic) bond motifs is 1. The smallest absolute Gasteiger partial charge is 0.475 e. The van der Waals surface area contributed by atoms with E-state index in [1.807, 2.05) is 30.5 Å². The summed E-state index contributed by atoms with van der Waals surface area (Å²) in [5.74, 6) is -7.71. The molecule has 0 spiro atoms. The van der Waals surface area contributed by atoms with Crippen molar-refractivity contribution in [1.82, 2.24) is 20.2 Å². The van der Waals surface area contributed by atoms with Crippen LogP contribution < -0.4 is 5.32 Å². The molecule has 0 bridgehead atoms. The molecule has 2 aliphatic heterocycles. The summed E-state index contributed by atoms with van der Waals surface area (Å²) >= 11 is 0. The monoisotopic (exact) mass is 694 g/mol. The number of rotatable bonds is 6. The molecule has 0 unspecified atom stereocenters. The van der Waals surface area contributed by atoms with Gasteiger partial charge in [0, 0.05) is 44.1 Å². The van der Waals surface area contributed by atoms with Gasteiger partial charge in [-0.1, -0.05) is 12.1 Å². The Hall–Kier alpha value is -4.53. The van der Waals surface area contributed by atoms with Gasteiger partial charge in [-0.3, -0.25) is 19.7 Å². The highest BCUT2D eigenvalue weighted by Gasteiger charge is 2.42. The number of likely N-dealkylation sites (tertiary alicyclic amines) is 1. The summed E-state index contributed by atoms with van der Waals surface area (Å²) in [7, 11) is 0. The van der Waals surface area contributed by atoms with Crippen LogP contribution in [0.1, 0.15) is 24.1 Å². The van der Waals surface area contributed by atoms with E-state index in [9.17, 15) is 44.3 Å². The highest BCUT2D eigenvalue weighted by molar-refractivity contribution is 5.76. The second-order valence-corrected chi connectivity index (χ2v) is 9.56. The second-order valence-electron chi connectivity index (χ2n) is 9.56. The molecule has 21 heteroatoms. The number of hydrogen-bond acceptors (Lipinski definition) is 8. The van der Waals surface area contributed by atoms with E-state index in [1.165, 1.54) is 5.56 Å². The molecule has 1 amide bonds. The van der Waals surface area contributed by atoms with Crippen molar-refractivity contribution in [3.05, 3.63) is 60.2 Å². The van der Waals surface area contributed by atoms with Crippen LogP contribution in [0.5, 0.6) is 0 Å². The molecule has 2 aromatic heterocycles. The molecular formula is C26H27F9N4O8. The van der Waals surface area contributed by atoms with Crippen molar-refractivity contribution in [3.8, 4) is 0 Å². The summed E-state index contributed by atoms with van der Waals surface area (Å²) in [6.07, 6.45) is -8.11. The molecular weight excluding hydrogens is 667 g/mol.